The van der Waals surface area contributed by atoms with Gasteiger partial charge >= 0.3 is 0 Å². The Morgan fingerprint density at radius 1 is 1.24 bits per heavy atom. The van der Waals surface area contributed by atoms with Crippen molar-refractivity contribution in [3.8, 4) is 6.07 Å². The summed E-state index contributed by atoms with van der Waals surface area (Å²) in [5.41, 5.74) is 3.86. The van der Waals surface area contributed by atoms with E-state index in [0.29, 0.717) is 5.02 Å². The molecule has 4 rings (SSSR count). The molecule has 25 heavy (non-hydrogen) atoms. The number of rotatable bonds is 1. The molecule has 2 aliphatic heterocycles. The lowest BCUT2D eigenvalue weighted by atomic mass is 10.1. The lowest BCUT2D eigenvalue weighted by molar-refractivity contribution is 0.312. The van der Waals surface area contributed by atoms with Gasteiger partial charge in [0.1, 0.15) is 0 Å². The van der Waals surface area contributed by atoms with Gasteiger partial charge in [-0.15, -0.1) is 11.3 Å². The van der Waals surface area contributed by atoms with Crippen molar-refractivity contribution >= 4 is 46.0 Å². The Morgan fingerprint density at radius 3 is 2.80 bits per heavy atom. The van der Waals surface area contributed by atoms with Crippen molar-refractivity contribution in [1.82, 2.24) is 4.90 Å². The molecular weight excluding hydrogens is 352 g/mol. The van der Waals surface area contributed by atoms with Crippen molar-refractivity contribution in [2.24, 2.45) is 4.99 Å². The summed E-state index contributed by atoms with van der Waals surface area (Å²) in [7, 11) is 2.15. The number of hydrogen-bond donors (Lipinski definition) is 0. The third-order valence-electron chi connectivity index (χ3n) is 4.69. The van der Waals surface area contributed by atoms with E-state index < -0.39 is 0 Å². The average molecular weight is 369 g/mol. The molecule has 0 amide bonds. The van der Waals surface area contributed by atoms with Crippen LogP contribution in [-0.2, 0) is 0 Å². The number of allylic oxidation sites excluding steroid dienone is 2. The van der Waals surface area contributed by atoms with Gasteiger partial charge in [-0.3, -0.25) is 0 Å². The smallest absolute Gasteiger partial charge is 0.0958 e. The molecule has 1 saturated heterocycles. The average Bonchev–Trinajstić information content (AvgIpc) is 3.00. The van der Waals surface area contributed by atoms with Gasteiger partial charge in [0.2, 0.25) is 0 Å². The number of halogens is 1. The highest BCUT2D eigenvalue weighted by Crippen LogP contribution is 2.32. The van der Waals surface area contributed by atoms with E-state index in [1.807, 2.05) is 22.9 Å². The van der Waals surface area contributed by atoms with Crippen LogP contribution in [0.1, 0.15) is 5.56 Å². The lowest BCUT2D eigenvalue weighted by Gasteiger charge is -2.34. The van der Waals surface area contributed by atoms with Gasteiger partial charge in [0.15, 0.2) is 0 Å². The number of piperazine rings is 1. The van der Waals surface area contributed by atoms with Crippen molar-refractivity contribution in [2.45, 2.75) is 0 Å². The number of nitriles is 1. The Kier molecular flexibility index (Phi) is 4.34. The Bertz CT molecular complexity index is 1010. The maximum atomic E-state index is 9.15. The molecule has 0 saturated carbocycles. The summed E-state index contributed by atoms with van der Waals surface area (Å²) in [5, 5.41) is 15.7. The molecule has 0 atom stereocenters. The van der Waals surface area contributed by atoms with E-state index in [-0.39, 0.29) is 0 Å². The molecular formula is C19H17ClN4S. The van der Waals surface area contributed by atoms with Crippen LogP contribution in [0.4, 0.5) is 11.4 Å². The van der Waals surface area contributed by atoms with Crippen molar-refractivity contribution in [3.63, 3.8) is 0 Å². The Balaban J connectivity index is 1.97. The SMILES string of the molecule is CN1CCN(c2ccc(Cl)c3c2=Nc2cscc2C(=CC#N)C=3)CC1. The van der Waals surface area contributed by atoms with Gasteiger partial charge in [-0.05, 0) is 30.8 Å². The zero-order chi connectivity index (χ0) is 17.4. The van der Waals surface area contributed by atoms with Crippen LogP contribution in [0.5, 0.6) is 0 Å². The largest absolute Gasteiger partial charge is 0.367 e. The minimum atomic E-state index is 0.661. The Labute approximate surface area is 155 Å². The highest BCUT2D eigenvalue weighted by Gasteiger charge is 2.19. The molecule has 2 aromatic rings. The molecule has 0 N–H and O–H groups in total. The van der Waals surface area contributed by atoms with Crippen molar-refractivity contribution in [1.29, 1.82) is 5.26 Å². The van der Waals surface area contributed by atoms with Crippen LogP contribution in [0.25, 0.3) is 11.6 Å². The molecule has 1 fully saturated rings. The lowest BCUT2D eigenvalue weighted by Crippen LogP contribution is -2.47. The number of thiophene rings is 1. The zero-order valence-corrected chi connectivity index (χ0v) is 15.4. The molecule has 4 nitrogen and oxygen atoms in total. The quantitative estimate of drug-likeness (QED) is 0.727. The first-order chi connectivity index (χ1) is 12.2. The molecule has 0 radical (unpaired) electrons. The van der Waals surface area contributed by atoms with Gasteiger partial charge < -0.3 is 9.80 Å². The van der Waals surface area contributed by atoms with Crippen LogP contribution in [0.2, 0.25) is 5.02 Å². The Hall–Kier alpha value is -2.13. The summed E-state index contributed by atoms with van der Waals surface area (Å²) >= 11 is 8.10. The Morgan fingerprint density at radius 2 is 2.04 bits per heavy atom. The van der Waals surface area contributed by atoms with Crippen molar-refractivity contribution in [2.75, 3.05) is 38.1 Å². The maximum absolute atomic E-state index is 9.15. The van der Waals surface area contributed by atoms with E-state index >= 15 is 0 Å². The monoisotopic (exact) mass is 368 g/mol. The standard InChI is InChI=1S/C19H17ClN4S/c1-23-6-8-24(9-7-23)18-3-2-16(20)14-10-13(4-5-21)15-11-25-12-17(15)22-19(14)18/h2-4,10-12H,6-9H2,1H3. The molecule has 0 aliphatic carbocycles. The van der Waals surface area contributed by atoms with E-state index in [9.17, 15) is 0 Å². The third-order valence-corrected chi connectivity index (χ3v) is 5.75. The van der Waals surface area contributed by atoms with E-state index in [0.717, 1.165) is 59.3 Å². The molecule has 6 heteroatoms. The van der Waals surface area contributed by atoms with Crippen LogP contribution >= 0.6 is 22.9 Å². The third kappa shape index (κ3) is 2.98. The maximum Gasteiger partial charge on any atom is 0.0958 e. The fourth-order valence-electron chi connectivity index (χ4n) is 3.26. The van der Waals surface area contributed by atoms with E-state index in [1.54, 1.807) is 17.4 Å². The van der Waals surface area contributed by atoms with Gasteiger partial charge in [-0.2, -0.15) is 5.26 Å². The molecule has 0 bridgehead atoms. The minimum Gasteiger partial charge on any atom is -0.367 e. The van der Waals surface area contributed by atoms with Crippen LogP contribution in [0, 0.1) is 11.3 Å². The first kappa shape index (κ1) is 16.3. The van der Waals surface area contributed by atoms with Gasteiger partial charge in [0.05, 0.1) is 27.8 Å². The molecule has 1 aromatic carbocycles. The van der Waals surface area contributed by atoms with Crippen molar-refractivity contribution in [3.05, 3.63) is 50.1 Å². The van der Waals surface area contributed by atoms with Gasteiger partial charge in [0, 0.05) is 53.8 Å². The topological polar surface area (TPSA) is 42.6 Å². The highest BCUT2D eigenvalue weighted by molar-refractivity contribution is 7.08. The normalized spacial score (nSPS) is 18.6. The minimum absolute atomic E-state index is 0.661. The molecule has 1 aromatic heterocycles. The summed E-state index contributed by atoms with van der Waals surface area (Å²) in [5.74, 6) is 0. The first-order valence-electron chi connectivity index (χ1n) is 8.16. The van der Waals surface area contributed by atoms with Crippen LogP contribution < -0.4 is 15.5 Å². The van der Waals surface area contributed by atoms with Crippen LogP contribution in [0.15, 0.2) is 34.0 Å². The summed E-state index contributed by atoms with van der Waals surface area (Å²) in [6.07, 6.45) is 3.55. The fourth-order valence-corrected chi connectivity index (χ4v) is 4.24. The van der Waals surface area contributed by atoms with Crippen molar-refractivity contribution < 1.29 is 0 Å². The number of hydrogen-bond acceptors (Lipinski definition) is 5. The van der Waals surface area contributed by atoms with Gasteiger partial charge in [-0.1, -0.05) is 11.6 Å². The van der Waals surface area contributed by atoms with Gasteiger partial charge in [-0.25, -0.2) is 4.99 Å². The van der Waals surface area contributed by atoms with E-state index in [1.165, 1.54) is 0 Å². The molecule has 2 aliphatic rings. The second-order valence-corrected chi connectivity index (χ2v) is 7.43. The summed E-state index contributed by atoms with van der Waals surface area (Å²) in [6, 6.07) is 6.14. The number of anilines is 1. The predicted octanol–water partition coefficient (Wildman–Crippen LogP) is 2.81. The fraction of sp³-hybridized carbons (Fsp3) is 0.263. The number of likely N-dealkylation sites (N-methyl/N-ethyl adjacent to an activating group) is 1. The van der Waals surface area contributed by atoms with Gasteiger partial charge in [0.25, 0.3) is 0 Å². The number of benzene rings is 1. The van der Waals surface area contributed by atoms with Crippen LogP contribution in [-0.4, -0.2) is 38.1 Å². The molecule has 126 valence electrons. The summed E-state index contributed by atoms with van der Waals surface area (Å²) in [6.45, 7) is 4.00. The predicted molar refractivity (Wildman–Crippen MR) is 104 cm³/mol. The number of fused-ring (bicyclic) bond motifs is 2. The summed E-state index contributed by atoms with van der Waals surface area (Å²) < 4.78 is 0. The second-order valence-electron chi connectivity index (χ2n) is 6.27. The van der Waals surface area contributed by atoms with Crippen LogP contribution in [0.3, 0.4) is 0 Å². The molecule has 0 spiro atoms. The number of nitrogens with zero attached hydrogens (tertiary/aromatic N) is 4. The second kappa shape index (κ2) is 6.64. The zero-order valence-electron chi connectivity index (χ0n) is 13.9. The molecule has 0 unspecified atom stereocenters. The first-order valence-corrected chi connectivity index (χ1v) is 9.48. The summed E-state index contributed by atoms with van der Waals surface area (Å²) in [4.78, 5) is 9.64. The highest BCUT2D eigenvalue weighted by atomic mass is 35.5. The molecule has 3 heterocycles. The van der Waals surface area contributed by atoms with E-state index in [4.69, 9.17) is 21.9 Å². The van der Waals surface area contributed by atoms with E-state index in [2.05, 4.69) is 29.0 Å².